The number of nitrogens with zero attached hydrogens (tertiary/aromatic N) is 4. The average molecular weight is 280 g/mol. The molecule has 0 unspecified atom stereocenters. The van der Waals surface area contributed by atoms with Crippen molar-refractivity contribution in [3.8, 4) is 6.07 Å². The van der Waals surface area contributed by atoms with E-state index in [1.165, 1.54) is 0 Å². The van der Waals surface area contributed by atoms with E-state index in [9.17, 15) is 0 Å². The standard InChI is InChI=1S/C11H7Cl2N5/c12-9-10(16-11(13)18-17-9)15-6-8-3-1-7(5-14)2-4-8/h1-4H,6H2,(H,15,16,18). The Kier molecular flexibility index (Phi) is 3.92. The summed E-state index contributed by atoms with van der Waals surface area (Å²) in [4.78, 5) is 3.92. The molecule has 1 heterocycles. The summed E-state index contributed by atoms with van der Waals surface area (Å²) in [6.45, 7) is 0.500. The summed E-state index contributed by atoms with van der Waals surface area (Å²) in [6.07, 6.45) is 0. The quantitative estimate of drug-likeness (QED) is 0.935. The molecular formula is C11H7Cl2N5. The van der Waals surface area contributed by atoms with Crippen molar-refractivity contribution >= 4 is 29.0 Å². The number of halogens is 2. The van der Waals surface area contributed by atoms with Crippen LogP contribution in [0.4, 0.5) is 5.82 Å². The summed E-state index contributed by atoms with van der Waals surface area (Å²) in [5.41, 5.74) is 1.60. The van der Waals surface area contributed by atoms with E-state index in [2.05, 4.69) is 26.6 Å². The maximum absolute atomic E-state index is 8.68. The van der Waals surface area contributed by atoms with Gasteiger partial charge in [0.25, 0.3) is 0 Å². The van der Waals surface area contributed by atoms with E-state index < -0.39 is 0 Å². The molecule has 0 spiro atoms. The summed E-state index contributed by atoms with van der Waals surface area (Å²) >= 11 is 11.4. The highest BCUT2D eigenvalue weighted by molar-refractivity contribution is 6.32. The van der Waals surface area contributed by atoms with Crippen LogP contribution in [0.5, 0.6) is 0 Å². The molecule has 2 aromatic rings. The molecule has 0 aliphatic heterocycles. The van der Waals surface area contributed by atoms with Crippen LogP contribution in [0.15, 0.2) is 24.3 Å². The van der Waals surface area contributed by atoms with Gasteiger partial charge in [-0.2, -0.15) is 10.2 Å². The third-order valence-electron chi connectivity index (χ3n) is 2.16. The first-order valence-electron chi connectivity index (χ1n) is 4.97. The highest BCUT2D eigenvalue weighted by atomic mass is 35.5. The second kappa shape index (κ2) is 5.63. The van der Waals surface area contributed by atoms with Gasteiger partial charge in [0, 0.05) is 6.54 Å². The number of rotatable bonds is 3. The average Bonchev–Trinajstić information content (AvgIpc) is 2.40. The SMILES string of the molecule is N#Cc1ccc(CNc2nc(Cl)nnc2Cl)cc1. The van der Waals surface area contributed by atoms with Gasteiger partial charge in [0.05, 0.1) is 11.6 Å². The van der Waals surface area contributed by atoms with Crippen molar-refractivity contribution in [1.29, 1.82) is 5.26 Å². The van der Waals surface area contributed by atoms with Gasteiger partial charge in [-0.15, -0.1) is 10.2 Å². The van der Waals surface area contributed by atoms with Crippen LogP contribution in [0.1, 0.15) is 11.1 Å². The first-order chi connectivity index (χ1) is 8.69. The number of anilines is 1. The number of hydrogen-bond acceptors (Lipinski definition) is 5. The molecule has 0 atom stereocenters. The number of aromatic nitrogens is 3. The maximum Gasteiger partial charge on any atom is 0.245 e. The van der Waals surface area contributed by atoms with Crippen LogP contribution in [0, 0.1) is 11.3 Å². The molecule has 1 aromatic carbocycles. The molecule has 18 heavy (non-hydrogen) atoms. The summed E-state index contributed by atoms with van der Waals surface area (Å²) < 4.78 is 0. The molecule has 0 saturated carbocycles. The Morgan fingerprint density at radius 3 is 2.56 bits per heavy atom. The van der Waals surface area contributed by atoms with E-state index in [0.29, 0.717) is 17.9 Å². The summed E-state index contributed by atoms with van der Waals surface area (Å²) in [5, 5.41) is 19.0. The van der Waals surface area contributed by atoms with Gasteiger partial charge in [-0.1, -0.05) is 23.7 Å². The fourth-order valence-corrected chi connectivity index (χ4v) is 1.56. The van der Waals surface area contributed by atoms with Crippen molar-refractivity contribution in [2.75, 3.05) is 5.32 Å². The maximum atomic E-state index is 8.68. The van der Waals surface area contributed by atoms with Crippen LogP contribution in [0.3, 0.4) is 0 Å². The Hall–Kier alpha value is -1.90. The van der Waals surface area contributed by atoms with Crippen LogP contribution in [-0.2, 0) is 6.54 Å². The molecule has 5 nitrogen and oxygen atoms in total. The van der Waals surface area contributed by atoms with Gasteiger partial charge in [-0.3, -0.25) is 0 Å². The molecule has 0 radical (unpaired) electrons. The van der Waals surface area contributed by atoms with Crippen LogP contribution >= 0.6 is 23.2 Å². The van der Waals surface area contributed by atoms with E-state index in [-0.39, 0.29) is 10.4 Å². The molecule has 0 aliphatic rings. The molecule has 90 valence electrons. The summed E-state index contributed by atoms with van der Waals surface area (Å²) in [6, 6.07) is 9.22. The van der Waals surface area contributed by atoms with Crippen molar-refractivity contribution < 1.29 is 0 Å². The van der Waals surface area contributed by atoms with Crippen molar-refractivity contribution in [1.82, 2.24) is 15.2 Å². The molecule has 1 N–H and O–H groups in total. The minimum absolute atomic E-state index is 0.0294. The lowest BCUT2D eigenvalue weighted by atomic mass is 10.1. The normalized spacial score (nSPS) is 9.83. The molecule has 0 bridgehead atoms. The highest BCUT2D eigenvalue weighted by Gasteiger charge is 2.05. The van der Waals surface area contributed by atoms with E-state index in [1.54, 1.807) is 12.1 Å². The Balaban J connectivity index is 2.07. The molecule has 0 amide bonds. The predicted octanol–water partition coefficient (Wildman–Crippen LogP) is 2.66. The fourth-order valence-electron chi connectivity index (χ4n) is 1.29. The predicted molar refractivity (Wildman–Crippen MR) is 68.3 cm³/mol. The second-order valence-corrected chi connectivity index (χ2v) is 4.08. The molecule has 0 fully saturated rings. The Morgan fingerprint density at radius 1 is 1.17 bits per heavy atom. The zero-order valence-electron chi connectivity index (χ0n) is 9.06. The molecule has 0 aliphatic carbocycles. The Bertz CT molecular complexity index is 591. The van der Waals surface area contributed by atoms with Gasteiger partial charge in [-0.25, -0.2) is 0 Å². The van der Waals surface area contributed by atoms with Crippen LogP contribution < -0.4 is 5.32 Å². The fraction of sp³-hybridized carbons (Fsp3) is 0.0909. The van der Waals surface area contributed by atoms with E-state index in [0.717, 1.165) is 5.56 Å². The second-order valence-electron chi connectivity index (χ2n) is 3.38. The van der Waals surface area contributed by atoms with Gasteiger partial charge in [0.15, 0.2) is 11.0 Å². The molecule has 7 heteroatoms. The minimum atomic E-state index is 0.0294. The zero-order valence-corrected chi connectivity index (χ0v) is 10.6. The van der Waals surface area contributed by atoms with Gasteiger partial charge in [0.2, 0.25) is 5.28 Å². The summed E-state index contributed by atoms with van der Waals surface area (Å²) in [7, 11) is 0. The van der Waals surface area contributed by atoms with Crippen molar-refractivity contribution in [2.45, 2.75) is 6.54 Å². The van der Waals surface area contributed by atoms with Gasteiger partial charge in [0.1, 0.15) is 0 Å². The van der Waals surface area contributed by atoms with Crippen LogP contribution in [0.2, 0.25) is 10.4 Å². The first-order valence-corrected chi connectivity index (χ1v) is 5.73. The van der Waals surface area contributed by atoms with Gasteiger partial charge in [-0.05, 0) is 29.3 Å². The van der Waals surface area contributed by atoms with E-state index >= 15 is 0 Å². The van der Waals surface area contributed by atoms with Crippen molar-refractivity contribution in [2.24, 2.45) is 0 Å². The van der Waals surface area contributed by atoms with Crippen LogP contribution in [-0.4, -0.2) is 15.2 Å². The van der Waals surface area contributed by atoms with Gasteiger partial charge >= 0.3 is 0 Å². The Labute approximate surface area is 113 Å². The lowest BCUT2D eigenvalue weighted by Gasteiger charge is -2.06. The molecule has 0 saturated heterocycles. The molecule has 2 rings (SSSR count). The van der Waals surface area contributed by atoms with Crippen LogP contribution in [0.25, 0.3) is 0 Å². The first kappa shape index (κ1) is 12.6. The Morgan fingerprint density at radius 2 is 1.89 bits per heavy atom. The van der Waals surface area contributed by atoms with Gasteiger partial charge < -0.3 is 5.32 Å². The smallest absolute Gasteiger partial charge is 0.245 e. The van der Waals surface area contributed by atoms with Crippen molar-refractivity contribution in [3.05, 3.63) is 45.8 Å². The number of hydrogen-bond donors (Lipinski definition) is 1. The number of nitrogens with one attached hydrogen (secondary N) is 1. The highest BCUT2D eigenvalue weighted by Crippen LogP contribution is 2.17. The molecule has 1 aromatic heterocycles. The largest absolute Gasteiger partial charge is 0.363 e. The number of benzene rings is 1. The topological polar surface area (TPSA) is 74.5 Å². The third kappa shape index (κ3) is 3.06. The lowest BCUT2D eigenvalue weighted by molar-refractivity contribution is 0.958. The van der Waals surface area contributed by atoms with E-state index in [1.807, 2.05) is 12.1 Å². The number of nitriles is 1. The van der Waals surface area contributed by atoms with Crippen molar-refractivity contribution in [3.63, 3.8) is 0 Å². The molecular weight excluding hydrogens is 273 g/mol. The van der Waals surface area contributed by atoms with E-state index in [4.69, 9.17) is 28.5 Å². The third-order valence-corrected chi connectivity index (χ3v) is 2.58. The monoisotopic (exact) mass is 279 g/mol. The zero-order chi connectivity index (χ0) is 13.0. The summed E-state index contributed by atoms with van der Waals surface area (Å²) in [5.74, 6) is 0.376. The minimum Gasteiger partial charge on any atom is -0.363 e. The lowest BCUT2D eigenvalue weighted by Crippen LogP contribution is -2.04.